The van der Waals surface area contributed by atoms with Gasteiger partial charge in [-0.3, -0.25) is 4.79 Å². The summed E-state index contributed by atoms with van der Waals surface area (Å²) >= 11 is 12.0. The smallest absolute Gasteiger partial charge is 0.312 e. The minimum absolute atomic E-state index is 0.294. The lowest BCUT2D eigenvalue weighted by molar-refractivity contribution is -0.123. The lowest BCUT2D eigenvalue weighted by atomic mass is 9.91. The van der Waals surface area contributed by atoms with Crippen molar-refractivity contribution in [2.24, 2.45) is 0 Å². The van der Waals surface area contributed by atoms with Gasteiger partial charge in [-0.05, 0) is 30.7 Å². The van der Waals surface area contributed by atoms with Gasteiger partial charge >= 0.3 is 6.03 Å². The Kier molecular flexibility index (Phi) is 4.28. The van der Waals surface area contributed by atoms with Crippen molar-refractivity contribution < 1.29 is 9.59 Å². The van der Waals surface area contributed by atoms with Gasteiger partial charge in [0.15, 0.2) is 0 Å². The van der Waals surface area contributed by atoms with E-state index >= 15 is 0 Å². The summed E-state index contributed by atoms with van der Waals surface area (Å²) in [7, 11) is 1.63. The molecule has 124 valence electrons. The van der Waals surface area contributed by atoms with E-state index in [9.17, 15) is 9.59 Å². The van der Waals surface area contributed by atoms with Crippen molar-refractivity contribution in [3.8, 4) is 0 Å². The number of amides is 3. The molecule has 0 radical (unpaired) electrons. The van der Waals surface area contributed by atoms with E-state index in [1.165, 1.54) is 4.90 Å². The summed E-state index contributed by atoms with van der Waals surface area (Å²) in [6.45, 7) is 1.77. The molecule has 0 bridgehead atoms. The standard InChI is InChI=1S/C18H16Cl2N2O2/c1-18(11-12-6-4-3-5-7-12)16(23)22(17(24)21(18)2)15-9-13(19)8-14(20)10-15/h3-10H,11H2,1-2H3. The first-order chi connectivity index (χ1) is 11.3. The lowest BCUT2D eigenvalue weighted by Gasteiger charge is -2.28. The monoisotopic (exact) mass is 362 g/mol. The lowest BCUT2D eigenvalue weighted by Crippen LogP contribution is -2.47. The molecule has 6 heteroatoms. The number of likely N-dealkylation sites (N-methyl/N-ethyl adjacent to an activating group) is 1. The number of hydrogen-bond acceptors (Lipinski definition) is 2. The number of anilines is 1. The van der Waals surface area contributed by atoms with Gasteiger partial charge in [-0.25, -0.2) is 9.69 Å². The third kappa shape index (κ3) is 2.76. The molecule has 4 nitrogen and oxygen atoms in total. The number of benzene rings is 2. The van der Waals surface area contributed by atoms with Gasteiger partial charge in [-0.1, -0.05) is 53.5 Å². The Morgan fingerprint density at radius 3 is 2.17 bits per heavy atom. The molecular weight excluding hydrogens is 347 g/mol. The van der Waals surface area contributed by atoms with Crippen molar-refractivity contribution >= 4 is 40.8 Å². The molecule has 0 saturated carbocycles. The fraction of sp³-hybridized carbons (Fsp3) is 0.222. The van der Waals surface area contributed by atoms with Gasteiger partial charge in [0.1, 0.15) is 5.54 Å². The maximum absolute atomic E-state index is 13.1. The van der Waals surface area contributed by atoms with Gasteiger partial charge in [-0.15, -0.1) is 0 Å². The van der Waals surface area contributed by atoms with E-state index in [0.717, 1.165) is 10.5 Å². The van der Waals surface area contributed by atoms with Gasteiger partial charge < -0.3 is 4.90 Å². The van der Waals surface area contributed by atoms with Gasteiger partial charge in [0, 0.05) is 23.5 Å². The van der Waals surface area contributed by atoms with Crippen molar-refractivity contribution in [3.63, 3.8) is 0 Å². The second kappa shape index (κ2) is 6.11. The van der Waals surface area contributed by atoms with Crippen LogP contribution in [0.5, 0.6) is 0 Å². The third-order valence-corrected chi connectivity index (χ3v) is 4.82. The minimum atomic E-state index is -0.965. The van der Waals surface area contributed by atoms with E-state index in [-0.39, 0.29) is 5.91 Å². The largest absolute Gasteiger partial charge is 0.332 e. The average molecular weight is 363 g/mol. The number of rotatable bonds is 3. The maximum atomic E-state index is 13.1. The summed E-state index contributed by atoms with van der Waals surface area (Å²) in [6, 6.07) is 13.9. The molecule has 24 heavy (non-hydrogen) atoms. The number of halogens is 2. The quantitative estimate of drug-likeness (QED) is 0.759. The number of hydrogen-bond donors (Lipinski definition) is 0. The van der Waals surface area contributed by atoms with Crippen LogP contribution in [0, 0.1) is 0 Å². The van der Waals surface area contributed by atoms with Crippen LogP contribution in [-0.4, -0.2) is 29.4 Å². The summed E-state index contributed by atoms with van der Waals surface area (Å²) in [5, 5.41) is 0.745. The van der Waals surface area contributed by atoms with E-state index in [4.69, 9.17) is 23.2 Å². The number of urea groups is 1. The van der Waals surface area contributed by atoms with Crippen molar-refractivity contribution in [1.29, 1.82) is 0 Å². The van der Waals surface area contributed by atoms with E-state index in [2.05, 4.69) is 0 Å². The fourth-order valence-electron chi connectivity index (χ4n) is 2.92. The van der Waals surface area contributed by atoms with Crippen LogP contribution in [0.15, 0.2) is 48.5 Å². The van der Waals surface area contributed by atoms with Crippen LogP contribution in [0.25, 0.3) is 0 Å². The predicted octanol–water partition coefficient (Wildman–Crippen LogP) is 4.39. The second-order valence-corrected chi connectivity index (χ2v) is 6.92. The normalized spacial score (nSPS) is 20.8. The van der Waals surface area contributed by atoms with Crippen LogP contribution in [-0.2, 0) is 11.2 Å². The Labute approximate surface area is 150 Å². The highest BCUT2D eigenvalue weighted by Crippen LogP contribution is 2.35. The zero-order valence-corrected chi connectivity index (χ0v) is 14.8. The molecule has 1 fully saturated rings. The predicted molar refractivity (Wildman–Crippen MR) is 95.7 cm³/mol. The number of imide groups is 1. The van der Waals surface area contributed by atoms with Crippen LogP contribution in [0.4, 0.5) is 10.5 Å². The van der Waals surface area contributed by atoms with E-state index in [1.54, 1.807) is 32.2 Å². The first kappa shape index (κ1) is 16.8. The minimum Gasteiger partial charge on any atom is -0.312 e. The Morgan fingerprint density at radius 1 is 1.00 bits per heavy atom. The summed E-state index contributed by atoms with van der Waals surface area (Å²) in [5.41, 5.74) is 0.401. The van der Waals surface area contributed by atoms with E-state index < -0.39 is 11.6 Å². The molecule has 2 aromatic carbocycles. The van der Waals surface area contributed by atoms with Crippen molar-refractivity contribution in [2.45, 2.75) is 18.9 Å². The highest BCUT2D eigenvalue weighted by Gasteiger charge is 2.53. The molecule has 1 unspecified atom stereocenters. The summed E-state index contributed by atoms with van der Waals surface area (Å²) in [5.74, 6) is -0.294. The molecule has 0 N–H and O–H groups in total. The van der Waals surface area contributed by atoms with Crippen molar-refractivity contribution in [2.75, 3.05) is 11.9 Å². The molecular formula is C18H16Cl2N2O2. The third-order valence-electron chi connectivity index (χ3n) is 4.38. The molecule has 1 aliphatic heterocycles. The Hall–Kier alpha value is -2.04. The Morgan fingerprint density at radius 2 is 1.58 bits per heavy atom. The van der Waals surface area contributed by atoms with Crippen molar-refractivity contribution in [3.05, 3.63) is 64.1 Å². The molecule has 0 aliphatic carbocycles. The highest BCUT2D eigenvalue weighted by atomic mass is 35.5. The number of carbonyl (C=O) groups excluding carboxylic acids is 2. The van der Waals surface area contributed by atoms with Crippen LogP contribution in [0.2, 0.25) is 10.0 Å². The van der Waals surface area contributed by atoms with Crippen LogP contribution >= 0.6 is 23.2 Å². The van der Waals surface area contributed by atoms with Gasteiger partial charge in [0.25, 0.3) is 5.91 Å². The molecule has 3 rings (SSSR count). The van der Waals surface area contributed by atoms with E-state index in [1.807, 2.05) is 30.3 Å². The number of carbonyl (C=O) groups is 2. The average Bonchev–Trinajstić information content (AvgIpc) is 2.69. The molecule has 0 aromatic heterocycles. The molecule has 2 aromatic rings. The highest BCUT2D eigenvalue weighted by molar-refractivity contribution is 6.35. The molecule has 0 spiro atoms. The Bertz CT molecular complexity index is 790. The van der Waals surface area contributed by atoms with Gasteiger partial charge in [0.2, 0.25) is 0 Å². The summed E-state index contributed by atoms with van der Waals surface area (Å²) in [4.78, 5) is 28.4. The molecule has 1 saturated heterocycles. The molecule has 1 heterocycles. The molecule has 1 aliphatic rings. The molecule has 1 atom stereocenters. The zero-order valence-electron chi connectivity index (χ0n) is 13.3. The number of nitrogens with zero attached hydrogens (tertiary/aromatic N) is 2. The van der Waals surface area contributed by atoms with Crippen molar-refractivity contribution in [1.82, 2.24) is 4.90 Å². The SMILES string of the molecule is CN1C(=O)N(c2cc(Cl)cc(Cl)c2)C(=O)C1(C)Cc1ccccc1. The first-order valence-electron chi connectivity index (χ1n) is 7.45. The molecule has 3 amide bonds. The fourth-order valence-corrected chi connectivity index (χ4v) is 3.43. The van der Waals surface area contributed by atoms with Crippen LogP contribution < -0.4 is 4.90 Å². The van der Waals surface area contributed by atoms with Gasteiger partial charge in [0.05, 0.1) is 5.69 Å². The maximum Gasteiger partial charge on any atom is 0.332 e. The van der Waals surface area contributed by atoms with Crippen LogP contribution in [0.1, 0.15) is 12.5 Å². The second-order valence-electron chi connectivity index (χ2n) is 6.05. The zero-order chi connectivity index (χ0) is 17.5. The topological polar surface area (TPSA) is 40.6 Å². The Balaban J connectivity index is 2.00. The first-order valence-corrected chi connectivity index (χ1v) is 8.21. The summed E-state index contributed by atoms with van der Waals surface area (Å²) in [6.07, 6.45) is 0.430. The van der Waals surface area contributed by atoms with Gasteiger partial charge in [-0.2, -0.15) is 0 Å². The van der Waals surface area contributed by atoms with Crippen LogP contribution in [0.3, 0.4) is 0 Å². The van der Waals surface area contributed by atoms with E-state index in [0.29, 0.717) is 22.2 Å². The summed E-state index contributed by atoms with van der Waals surface area (Å²) < 4.78 is 0.